The molecule has 122 valence electrons. The van der Waals surface area contributed by atoms with Crippen molar-refractivity contribution in [1.29, 1.82) is 0 Å². The van der Waals surface area contributed by atoms with E-state index in [2.05, 4.69) is 42.2 Å². The first-order valence-corrected chi connectivity index (χ1v) is 8.37. The van der Waals surface area contributed by atoms with Gasteiger partial charge in [0, 0.05) is 26.7 Å². The Kier molecular flexibility index (Phi) is 6.40. The first kappa shape index (κ1) is 17.0. The fraction of sp³-hybridized carbons (Fsp3) is 0.611. The van der Waals surface area contributed by atoms with E-state index in [0.717, 1.165) is 45.4 Å². The van der Waals surface area contributed by atoms with E-state index in [-0.39, 0.29) is 11.9 Å². The Morgan fingerprint density at radius 1 is 1.41 bits per heavy atom. The second-order valence-corrected chi connectivity index (χ2v) is 6.49. The van der Waals surface area contributed by atoms with Gasteiger partial charge in [0.1, 0.15) is 0 Å². The number of hydrogen-bond donors (Lipinski definition) is 1. The highest BCUT2D eigenvalue weighted by atomic mass is 16.2. The zero-order chi connectivity index (χ0) is 15.9. The first-order chi connectivity index (χ1) is 10.6. The normalized spacial score (nSPS) is 20.0. The number of likely N-dealkylation sites (N-methyl/N-ethyl adjacent to an activating group) is 1. The van der Waals surface area contributed by atoms with Gasteiger partial charge in [-0.2, -0.15) is 0 Å². The highest BCUT2D eigenvalue weighted by Gasteiger charge is 2.26. The molecule has 1 amide bonds. The Balaban J connectivity index is 1.77. The van der Waals surface area contributed by atoms with E-state index in [1.54, 1.807) is 0 Å². The summed E-state index contributed by atoms with van der Waals surface area (Å²) in [4.78, 5) is 16.5. The van der Waals surface area contributed by atoms with Crippen LogP contribution >= 0.6 is 0 Å². The van der Waals surface area contributed by atoms with Crippen LogP contribution in [0.25, 0.3) is 0 Å². The molecule has 1 fully saturated rings. The molecule has 2 atom stereocenters. The van der Waals surface area contributed by atoms with Crippen LogP contribution in [0.1, 0.15) is 31.7 Å². The van der Waals surface area contributed by atoms with Gasteiger partial charge < -0.3 is 10.6 Å². The van der Waals surface area contributed by atoms with Crippen LogP contribution in [0.2, 0.25) is 0 Å². The second kappa shape index (κ2) is 8.30. The molecule has 1 heterocycles. The summed E-state index contributed by atoms with van der Waals surface area (Å²) in [6, 6.07) is 10.2. The molecular formula is C18H29N3O. The number of carbonyl (C=O) groups excluding carboxylic acids is 1. The number of rotatable bonds is 7. The summed E-state index contributed by atoms with van der Waals surface area (Å²) in [5.74, 6) is 0.648. The van der Waals surface area contributed by atoms with Crippen molar-refractivity contribution in [1.82, 2.24) is 9.80 Å². The quantitative estimate of drug-likeness (QED) is 0.839. The summed E-state index contributed by atoms with van der Waals surface area (Å²) in [5.41, 5.74) is 7.29. The van der Waals surface area contributed by atoms with Gasteiger partial charge in [-0.3, -0.25) is 9.69 Å². The third-order valence-corrected chi connectivity index (χ3v) is 4.44. The van der Waals surface area contributed by atoms with Gasteiger partial charge in [0.2, 0.25) is 5.91 Å². The summed E-state index contributed by atoms with van der Waals surface area (Å²) in [6.45, 7) is 6.07. The van der Waals surface area contributed by atoms with Crippen LogP contribution in [0.15, 0.2) is 30.3 Å². The maximum absolute atomic E-state index is 12.2. The van der Waals surface area contributed by atoms with E-state index in [1.165, 1.54) is 5.56 Å². The molecule has 0 spiro atoms. The van der Waals surface area contributed by atoms with Gasteiger partial charge in [0.05, 0.1) is 6.04 Å². The van der Waals surface area contributed by atoms with Crippen molar-refractivity contribution in [3.63, 3.8) is 0 Å². The standard InChI is InChI=1S/C18H29N3O/c1-3-7-17(19)18(22)20(2)12-16-10-11-21(14-16)13-15-8-5-4-6-9-15/h4-6,8-9,16-17H,3,7,10-14,19H2,1-2H3. The zero-order valence-corrected chi connectivity index (χ0v) is 13.9. The molecule has 2 rings (SSSR count). The molecule has 4 heteroatoms. The molecule has 2 unspecified atom stereocenters. The highest BCUT2D eigenvalue weighted by molar-refractivity contribution is 5.81. The van der Waals surface area contributed by atoms with Crippen molar-refractivity contribution >= 4 is 5.91 Å². The number of amides is 1. The van der Waals surface area contributed by atoms with Crippen molar-refractivity contribution < 1.29 is 4.79 Å². The lowest BCUT2D eigenvalue weighted by atomic mass is 10.1. The summed E-state index contributed by atoms with van der Waals surface area (Å²) in [7, 11) is 1.89. The predicted molar refractivity (Wildman–Crippen MR) is 90.3 cm³/mol. The van der Waals surface area contributed by atoms with Crippen LogP contribution in [0.4, 0.5) is 0 Å². The molecule has 0 radical (unpaired) electrons. The average molecular weight is 303 g/mol. The fourth-order valence-corrected chi connectivity index (χ4v) is 3.24. The highest BCUT2D eigenvalue weighted by Crippen LogP contribution is 2.19. The SMILES string of the molecule is CCCC(N)C(=O)N(C)CC1CCN(Cc2ccccc2)C1. The van der Waals surface area contributed by atoms with Gasteiger partial charge in [-0.1, -0.05) is 43.7 Å². The molecule has 2 N–H and O–H groups in total. The summed E-state index contributed by atoms with van der Waals surface area (Å²) in [5, 5.41) is 0. The number of hydrogen-bond acceptors (Lipinski definition) is 3. The van der Waals surface area contributed by atoms with Crippen LogP contribution < -0.4 is 5.73 Å². The monoisotopic (exact) mass is 303 g/mol. The van der Waals surface area contributed by atoms with Crippen LogP contribution in [0.3, 0.4) is 0 Å². The van der Waals surface area contributed by atoms with Crippen LogP contribution in [-0.4, -0.2) is 48.4 Å². The molecule has 0 aliphatic carbocycles. The van der Waals surface area contributed by atoms with E-state index < -0.39 is 0 Å². The molecule has 0 saturated carbocycles. The smallest absolute Gasteiger partial charge is 0.239 e. The molecule has 22 heavy (non-hydrogen) atoms. The van der Waals surface area contributed by atoms with Gasteiger partial charge in [0.15, 0.2) is 0 Å². The van der Waals surface area contributed by atoms with Crippen molar-refractivity contribution in [2.24, 2.45) is 11.7 Å². The molecular weight excluding hydrogens is 274 g/mol. The first-order valence-electron chi connectivity index (χ1n) is 8.37. The van der Waals surface area contributed by atoms with Crippen LogP contribution in [0.5, 0.6) is 0 Å². The predicted octanol–water partition coefficient (Wildman–Crippen LogP) is 2.09. The molecule has 0 aromatic heterocycles. The Bertz CT molecular complexity index is 463. The Morgan fingerprint density at radius 3 is 2.82 bits per heavy atom. The topological polar surface area (TPSA) is 49.6 Å². The molecule has 1 aliphatic heterocycles. The number of nitrogens with two attached hydrogens (primary N) is 1. The van der Waals surface area contributed by atoms with Gasteiger partial charge in [-0.25, -0.2) is 0 Å². The van der Waals surface area contributed by atoms with E-state index in [0.29, 0.717) is 5.92 Å². The van der Waals surface area contributed by atoms with E-state index >= 15 is 0 Å². The minimum Gasteiger partial charge on any atom is -0.344 e. The number of benzene rings is 1. The molecule has 4 nitrogen and oxygen atoms in total. The van der Waals surface area contributed by atoms with E-state index in [9.17, 15) is 4.79 Å². The van der Waals surface area contributed by atoms with Crippen LogP contribution in [0, 0.1) is 5.92 Å². The molecule has 1 saturated heterocycles. The van der Waals surface area contributed by atoms with Gasteiger partial charge in [-0.15, -0.1) is 0 Å². The summed E-state index contributed by atoms with van der Waals surface area (Å²) >= 11 is 0. The molecule has 1 aromatic rings. The average Bonchev–Trinajstić information content (AvgIpc) is 2.94. The Morgan fingerprint density at radius 2 is 2.14 bits per heavy atom. The van der Waals surface area contributed by atoms with E-state index in [4.69, 9.17) is 5.73 Å². The van der Waals surface area contributed by atoms with Gasteiger partial charge in [-0.05, 0) is 30.9 Å². The third-order valence-electron chi connectivity index (χ3n) is 4.44. The minimum atomic E-state index is -0.336. The number of nitrogens with zero attached hydrogens (tertiary/aromatic N) is 2. The lowest BCUT2D eigenvalue weighted by molar-refractivity contribution is -0.132. The van der Waals surface area contributed by atoms with Crippen molar-refractivity contribution in [2.75, 3.05) is 26.7 Å². The molecule has 1 aromatic carbocycles. The van der Waals surface area contributed by atoms with Crippen molar-refractivity contribution in [3.05, 3.63) is 35.9 Å². The van der Waals surface area contributed by atoms with Gasteiger partial charge >= 0.3 is 0 Å². The van der Waals surface area contributed by atoms with Crippen molar-refractivity contribution in [2.45, 2.75) is 38.8 Å². The Hall–Kier alpha value is -1.39. The van der Waals surface area contributed by atoms with Crippen LogP contribution in [-0.2, 0) is 11.3 Å². The Labute approximate surface area is 134 Å². The molecule has 0 bridgehead atoms. The maximum atomic E-state index is 12.2. The molecule has 1 aliphatic rings. The largest absolute Gasteiger partial charge is 0.344 e. The summed E-state index contributed by atoms with van der Waals surface area (Å²) in [6.07, 6.45) is 2.89. The lowest BCUT2D eigenvalue weighted by Crippen LogP contribution is -2.43. The fourth-order valence-electron chi connectivity index (χ4n) is 3.24. The van der Waals surface area contributed by atoms with Gasteiger partial charge in [0.25, 0.3) is 0 Å². The number of carbonyl (C=O) groups is 1. The summed E-state index contributed by atoms with van der Waals surface area (Å²) < 4.78 is 0. The number of likely N-dealkylation sites (tertiary alicyclic amines) is 1. The zero-order valence-electron chi connectivity index (χ0n) is 13.9. The second-order valence-electron chi connectivity index (χ2n) is 6.49. The lowest BCUT2D eigenvalue weighted by Gasteiger charge is -2.24. The van der Waals surface area contributed by atoms with Crippen molar-refractivity contribution in [3.8, 4) is 0 Å². The van der Waals surface area contributed by atoms with E-state index in [1.807, 2.05) is 11.9 Å². The minimum absolute atomic E-state index is 0.0864. The third kappa shape index (κ3) is 4.82. The maximum Gasteiger partial charge on any atom is 0.239 e.